The molecule has 1 aliphatic heterocycles. The molecular formula is C17H15NO4. The van der Waals surface area contributed by atoms with Crippen LogP contribution in [-0.4, -0.2) is 34.0 Å². The summed E-state index contributed by atoms with van der Waals surface area (Å²) >= 11 is 0. The summed E-state index contributed by atoms with van der Waals surface area (Å²) in [5.74, 6) is -1.93. The predicted molar refractivity (Wildman–Crippen MR) is 79.8 cm³/mol. The monoisotopic (exact) mass is 297 g/mol. The fraction of sp³-hybridized carbons (Fsp3) is 0.176. The zero-order valence-electron chi connectivity index (χ0n) is 11.9. The topological polar surface area (TPSA) is 77.8 Å². The molecule has 22 heavy (non-hydrogen) atoms. The number of hydrogen-bond acceptors (Lipinski definition) is 3. The number of aliphatic carboxylic acids is 1. The standard InChI is InChI=1S/C17H15NO4/c1-18-15(10-6-8-11(19)9-7-10)14(17(21)22)12-4-2-3-5-13(12)16(18)20/h2-9,14-15,19H,1H3,(H,21,22). The molecule has 3 rings (SSSR count). The van der Waals surface area contributed by atoms with Gasteiger partial charge in [-0.2, -0.15) is 0 Å². The highest BCUT2D eigenvalue weighted by molar-refractivity contribution is 6.00. The maximum absolute atomic E-state index is 12.5. The Hall–Kier alpha value is -2.82. The molecule has 0 fully saturated rings. The summed E-state index contributed by atoms with van der Waals surface area (Å²) in [6.07, 6.45) is 0. The summed E-state index contributed by atoms with van der Waals surface area (Å²) in [5, 5.41) is 19.1. The molecule has 0 radical (unpaired) electrons. The Labute approximate surface area is 127 Å². The molecular weight excluding hydrogens is 282 g/mol. The van der Waals surface area contributed by atoms with Gasteiger partial charge in [-0.3, -0.25) is 9.59 Å². The summed E-state index contributed by atoms with van der Waals surface area (Å²) in [6.45, 7) is 0. The van der Waals surface area contributed by atoms with Gasteiger partial charge in [0.15, 0.2) is 0 Å². The van der Waals surface area contributed by atoms with Crippen molar-refractivity contribution < 1.29 is 19.8 Å². The van der Waals surface area contributed by atoms with Crippen molar-refractivity contribution >= 4 is 11.9 Å². The summed E-state index contributed by atoms with van der Waals surface area (Å²) in [6, 6.07) is 12.5. The van der Waals surface area contributed by atoms with E-state index in [-0.39, 0.29) is 11.7 Å². The van der Waals surface area contributed by atoms with Crippen LogP contribution < -0.4 is 0 Å². The van der Waals surface area contributed by atoms with Crippen LogP contribution in [-0.2, 0) is 4.79 Å². The number of benzene rings is 2. The number of hydrogen-bond donors (Lipinski definition) is 2. The Bertz CT molecular complexity index is 739. The first-order valence-corrected chi connectivity index (χ1v) is 6.88. The number of phenolic OH excluding ortho intramolecular Hbond substituents is 1. The molecule has 2 unspecified atom stereocenters. The minimum absolute atomic E-state index is 0.0980. The fourth-order valence-electron chi connectivity index (χ4n) is 3.03. The smallest absolute Gasteiger partial charge is 0.313 e. The third kappa shape index (κ3) is 2.11. The van der Waals surface area contributed by atoms with Gasteiger partial charge in [0.25, 0.3) is 5.91 Å². The first-order valence-electron chi connectivity index (χ1n) is 6.88. The second-order valence-electron chi connectivity index (χ2n) is 5.36. The third-order valence-electron chi connectivity index (χ3n) is 4.08. The first-order chi connectivity index (χ1) is 10.5. The molecule has 0 saturated heterocycles. The molecule has 2 aromatic carbocycles. The summed E-state index contributed by atoms with van der Waals surface area (Å²) in [5.41, 5.74) is 1.62. The van der Waals surface area contributed by atoms with Gasteiger partial charge in [0.2, 0.25) is 0 Å². The molecule has 1 aliphatic rings. The van der Waals surface area contributed by atoms with E-state index in [1.165, 1.54) is 17.0 Å². The molecule has 1 heterocycles. The van der Waals surface area contributed by atoms with Crippen LogP contribution in [0.2, 0.25) is 0 Å². The number of nitrogens with zero attached hydrogens (tertiary/aromatic N) is 1. The van der Waals surface area contributed by atoms with E-state index in [1.54, 1.807) is 43.4 Å². The quantitative estimate of drug-likeness (QED) is 0.892. The van der Waals surface area contributed by atoms with Gasteiger partial charge in [0.1, 0.15) is 11.7 Å². The molecule has 0 aliphatic carbocycles. The summed E-state index contributed by atoms with van der Waals surface area (Å²) in [7, 11) is 1.60. The molecule has 5 nitrogen and oxygen atoms in total. The second-order valence-corrected chi connectivity index (χ2v) is 5.36. The lowest BCUT2D eigenvalue weighted by atomic mass is 9.80. The lowest BCUT2D eigenvalue weighted by Gasteiger charge is -2.38. The zero-order chi connectivity index (χ0) is 15.9. The van der Waals surface area contributed by atoms with Crippen LogP contribution in [0.4, 0.5) is 0 Å². The van der Waals surface area contributed by atoms with Crippen LogP contribution >= 0.6 is 0 Å². The van der Waals surface area contributed by atoms with Crippen LogP contribution in [0.5, 0.6) is 5.75 Å². The normalized spacial score (nSPS) is 20.6. The number of fused-ring (bicyclic) bond motifs is 1. The maximum atomic E-state index is 12.5. The van der Waals surface area contributed by atoms with Crippen molar-refractivity contribution in [3.63, 3.8) is 0 Å². The highest BCUT2D eigenvalue weighted by Gasteiger charge is 2.42. The lowest BCUT2D eigenvalue weighted by molar-refractivity contribution is -0.140. The van der Waals surface area contributed by atoms with Gasteiger partial charge >= 0.3 is 5.97 Å². The van der Waals surface area contributed by atoms with E-state index in [0.717, 1.165) is 0 Å². The van der Waals surface area contributed by atoms with E-state index in [0.29, 0.717) is 16.7 Å². The number of carboxylic acid groups (broad SMARTS) is 1. The van der Waals surface area contributed by atoms with Crippen LogP contribution in [0.15, 0.2) is 48.5 Å². The Kier molecular flexibility index (Phi) is 3.33. The maximum Gasteiger partial charge on any atom is 0.313 e. The molecule has 0 spiro atoms. The number of rotatable bonds is 2. The molecule has 112 valence electrons. The number of amides is 1. The van der Waals surface area contributed by atoms with Gasteiger partial charge in [0.05, 0.1) is 6.04 Å². The van der Waals surface area contributed by atoms with E-state index >= 15 is 0 Å². The predicted octanol–water partition coefficient (Wildman–Crippen LogP) is 2.39. The number of likely N-dealkylation sites (N-methyl/N-ethyl adjacent to an activating group) is 1. The summed E-state index contributed by atoms with van der Waals surface area (Å²) in [4.78, 5) is 25.8. The molecule has 0 saturated carbocycles. The van der Waals surface area contributed by atoms with Gasteiger partial charge in [-0.25, -0.2) is 0 Å². The molecule has 0 aromatic heterocycles. The molecule has 2 aromatic rings. The zero-order valence-corrected chi connectivity index (χ0v) is 11.9. The van der Waals surface area contributed by atoms with E-state index in [9.17, 15) is 19.8 Å². The second kappa shape index (κ2) is 5.18. The third-order valence-corrected chi connectivity index (χ3v) is 4.08. The Morgan fingerprint density at radius 2 is 1.73 bits per heavy atom. The Morgan fingerprint density at radius 3 is 2.36 bits per heavy atom. The van der Waals surface area contributed by atoms with Gasteiger partial charge < -0.3 is 15.1 Å². The van der Waals surface area contributed by atoms with Gasteiger partial charge in [-0.1, -0.05) is 30.3 Å². The molecule has 2 N–H and O–H groups in total. The summed E-state index contributed by atoms with van der Waals surface area (Å²) < 4.78 is 0. The minimum Gasteiger partial charge on any atom is -0.508 e. The van der Waals surface area contributed by atoms with E-state index in [2.05, 4.69) is 0 Å². The first kappa shape index (κ1) is 14.1. The average Bonchev–Trinajstić information content (AvgIpc) is 2.51. The van der Waals surface area contributed by atoms with E-state index < -0.39 is 17.9 Å². The molecule has 0 bridgehead atoms. The van der Waals surface area contributed by atoms with Crippen LogP contribution in [0.1, 0.15) is 33.4 Å². The Morgan fingerprint density at radius 1 is 1.09 bits per heavy atom. The van der Waals surface area contributed by atoms with Crippen LogP contribution in [0.3, 0.4) is 0 Å². The number of phenols is 1. The fourth-order valence-corrected chi connectivity index (χ4v) is 3.03. The number of carboxylic acids is 1. The average molecular weight is 297 g/mol. The number of carbonyl (C=O) groups is 2. The van der Waals surface area contributed by atoms with Crippen molar-refractivity contribution in [3.05, 3.63) is 65.2 Å². The minimum atomic E-state index is -0.982. The van der Waals surface area contributed by atoms with E-state index in [1.807, 2.05) is 0 Å². The molecule has 1 amide bonds. The lowest BCUT2D eigenvalue weighted by Crippen LogP contribution is -2.42. The highest BCUT2D eigenvalue weighted by Crippen LogP contribution is 2.42. The Balaban J connectivity index is 2.18. The van der Waals surface area contributed by atoms with Crippen molar-refractivity contribution in [3.8, 4) is 5.75 Å². The number of carbonyl (C=O) groups excluding carboxylic acids is 1. The van der Waals surface area contributed by atoms with Crippen molar-refractivity contribution in [1.82, 2.24) is 4.90 Å². The largest absolute Gasteiger partial charge is 0.508 e. The van der Waals surface area contributed by atoms with Gasteiger partial charge in [-0.05, 0) is 29.3 Å². The van der Waals surface area contributed by atoms with Crippen molar-refractivity contribution in [2.24, 2.45) is 0 Å². The highest BCUT2D eigenvalue weighted by atomic mass is 16.4. The van der Waals surface area contributed by atoms with Crippen LogP contribution in [0, 0.1) is 0 Å². The molecule has 2 atom stereocenters. The van der Waals surface area contributed by atoms with Crippen molar-refractivity contribution in [2.45, 2.75) is 12.0 Å². The van der Waals surface area contributed by atoms with Crippen molar-refractivity contribution in [1.29, 1.82) is 0 Å². The van der Waals surface area contributed by atoms with Crippen LogP contribution in [0.25, 0.3) is 0 Å². The number of aromatic hydroxyl groups is 1. The van der Waals surface area contributed by atoms with E-state index in [4.69, 9.17) is 0 Å². The van der Waals surface area contributed by atoms with Gasteiger partial charge in [0, 0.05) is 12.6 Å². The SMILES string of the molecule is CN1C(=O)c2ccccc2C(C(=O)O)C1c1ccc(O)cc1. The van der Waals surface area contributed by atoms with Gasteiger partial charge in [-0.15, -0.1) is 0 Å². The molecule has 5 heteroatoms. The van der Waals surface area contributed by atoms with Crippen molar-refractivity contribution in [2.75, 3.05) is 7.05 Å².